The summed E-state index contributed by atoms with van der Waals surface area (Å²) in [5.74, 6) is 2.71. The third-order valence-corrected chi connectivity index (χ3v) is 4.74. The first-order chi connectivity index (χ1) is 13.1. The fourth-order valence-electron chi connectivity index (χ4n) is 3.05. The van der Waals surface area contributed by atoms with Crippen molar-refractivity contribution in [2.24, 2.45) is 0 Å². The number of hydrogen-bond donors (Lipinski definition) is 1. The number of likely N-dealkylation sites (N-methyl/N-ethyl adjacent to an activating group) is 1. The van der Waals surface area contributed by atoms with Crippen LogP contribution in [0.3, 0.4) is 0 Å². The van der Waals surface area contributed by atoms with Gasteiger partial charge in [-0.2, -0.15) is 0 Å². The van der Waals surface area contributed by atoms with Gasteiger partial charge in [-0.1, -0.05) is 12.1 Å². The predicted molar refractivity (Wildman–Crippen MR) is 99.6 cm³/mol. The largest absolute Gasteiger partial charge is 0.486 e. The summed E-state index contributed by atoms with van der Waals surface area (Å²) in [5, 5.41) is 2.92. The SMILES string of the molecule is C[C@@H](C(=O)Nc1ccc2c(c1)OCO2)N(C)C[C@H]1COc2ccccc2O1. The van der Waals surface area contributed by atoms with Crippen molar-refractivity contribution in [3.05, 3.63) is 42.5 Å². The topological polar surface area (TPSA) is 69.3 Å². The molecule has 2 atom stereocenters. The molecule has 2 aromatic carbocycles. The number of para-hydroxylation sites is 2. The molecule has 0 unspecified atom stereocenters. The van der Waals surface area contributed by atoms with E-state index in [1.807, 2.05) is 43.1 Å². The van der Waals surface area contributed by atoms with Crippen molar-refractivity contribution in [2.45, 2.75) is 19.1 Å². The number of anilines is 1. The molecule has 0 saturated carbocycles. The van der Waals surface area contributed by atoms with Gasteiger partial charge in [-0.25, -0.2) is 0 Å². The van der Waals surface area contributed by atoms with Crippen LogP contribution in [0, 0.1) is 0 Å². The Bertz CT molecular complexity index is 841. The molecule has 2 aromatic rings. The van der Waals surface area contributed by atoms with Gasteiger partial charge in [0.05, 0.1) is 6.04 Å². The molecule has 0 radical (unpaired) electrons. The fraction of sp³-hybridized carbons (Fsp3) is 0.350. The van der Waals surface area contributed by atoms with Crippen LogP contribution >= 0.6 is 0 Å². The van der Waals surface area contributed by atoms with Gasteiger partial charge < -0.3 is 24.3 Å². The third kappa shape index (κ3) is 3.78. The van der Waals surface area contributed by atoms with Gasteiger partial charge in [0.25, 0.3) is 0 Å². The van der Waals surface area contributed by atoms with Gasteiger partial charge in [-0.15, -0.1) is 0 Å². The summed E-state index contributed by atoms with van der Waals surface area (Å²) < 4.78 is 22.3. The molecular formula is C20H22N2O5. The van der Waals surface area contributed by atoms with Crippen molar-refractivity contribution in [1.82, 2.24) is 4.90 Å². The van der Waals surface area contributed by atoms with Crippen LogP contribution in [0.2, 0.25) is 0 Å². The molecule has 2 heterocycles. The van der Waals surface area contributed by atoms with E-state index < -0.39 is 0 Å². The monoisotopic (exact) mass is 370 g/mol. The van der Waals surface area contributed by atoms with Crippen LogP contribution in [0.4, 0.5) is 5.69 Å². The van der Waals surface area contributed by atoms with E-state index in [0.29, 0.717) is 30.3 Å². The van der Waals surface area contributed by atoms with Crippen molar-refractivity contribution < 1.29 is 23.7 Å². The summed E-state index contributed by atoms with van der Waals surface area (Å²) in [5.41, 5.74) is 0.677. The zero-order valence-corrected chi connectivity index (χ0v) is 15.3. The number of carbonyl (C=O) groups is 1. The highest BCUT2D eigenvalue weighted by molar-refractivity contribution is 5.94. The standard InChI is InChI=1S/C20H22N2O5/c1-13(20(23)21-14-7-8-17-19(9-14)26-12-25-17)22(2)10-15-11-24-16-5-3-4-6-18(16)27-15/h3-9,13,15H,10-12H2,1-2H3,(H,21,23)/t13-,15-/m0/s1. The van der Waals surface area contributed by atoms with Crippen molar-refractivity contribution in [3.63, 3.8) is 0 Å². The fourth-order valence-corrected chi connectivity index (χ4v) is 3.05. The molecule has 27 heavy (non-hydrogen) atoms. The number of hydrogen-bond acceptors (Lipinski definition) is 6. The van der Waals surface area contributed by atoms with Crippen LogP contribution in [-0.4, -0.2) is 49.9 Å². The Morgan fingerprint density at radius 2 is 1.85 bits per heavy atom. The Morgan fingerprint density at radius 1 is 1.11 bits per heavy atom. The maximum Gasteiger partial charge on any atom is 0.241 e. The van der Waals surface area contributed by atoms with Crippen molar-refractivity contribution in [1.29, 1.82) is 0 Å². The van der Waals surface area contributed by atoms with Gasteiger partial charge in [0.15, 0.2) is 23.0 Å². The quantitative estimate of drug-likeness (QED) is 0.872. The summed E-state index contributed by atoms with van der Waals surface area (Å²) in [7, 11) is 1.90. The zero-order valence-electron chi connectivity index (χ0n) is 15.3. The smallest absolute Gasteiger partial charge is 0.241 e. The number of fused-ring (bicyclic) bond motifs is 2. The number of carbonyl (C=O) groups excluding carboxylic acids is 1. The molecule has 142 valence electrons. The molecule has 4 rings (SSSR count). The molecule has 0 bridgehead atoms. The molecule has 0 saturated heterocycles. The number of nitrogens with zero attached hydrogens (tertiary/aromatic N) is 1. The second kappa shape index (κ2) is 7.36. The Labute approximate surface area is 157 Å². The minimum atomic E-state index is -0.337. The van der Waals surface area contributed by atoms with Crippen LogP contribution in [0.15, 0.2) is 42.5 Å². The first-order valence-corrected chi connectivity index (χ1v) is 8.89. The first kappa shape index (κ1) is 17.5. The average molecular weight is 370 g/mol. The molecule has 2 aliphatic heterocycles. The normalized spacial score (nSPS) is 18.3. The molecular weight excluding hydrogens is 348 g/mol. The zero-order chi connectivity index (χ0) is 18.8. The second-order valence-electron chi connectivity index (χ2n) is 6.67. The number of rotatable bonds is 5. The molecule has 2 aliphatic rings. The highest BCUT2D eigenvalue weighted by atomic mass is 16.7. The summed E-state index contributed by atoms with van der Waals surface area (Å²) in [6.45, 7) is 3.10. The van der Waals surface area contributed by atoms with E-state index in [1.54, 1.807) is 18.2 Å². The van der Waals surface area contributed by atoms with E-state index in [-0.39, 0.29) is 24.8 Å². The van der Waals surface area contributed by atoms with Gasteiger partial charge in [0.2, 0.25) is 12.7 Å². The molecule has 0 aromatic heterocycles. The lowest BCUT2D eigenvalue weighted by atomic mass is 10.2. The van der Waals surface area contributed by atoms with Crippen molar-refractivity contribution in [3.8, 4) is 23.0 Å². The van der Waals surface area contributed by atoms with Crippen LogP contribution in [0.1, 0.15) is 6.92 Å². The first-order valence-electron chi connectivity index (χ1n) is 8.89. The van der Waals surface area contributed by atoms with Gasteiger partial charge in [-0.3, -0.25) is 9.69 Å². The van der Waals surface area contributed by atoms with E-state index in [0.717, 1.165) is 11.5 Å². The third-order valence-electron chi connectivity index (χ3n) is 4.74. The maximum atomic E-state index is 12.6. The molecule has 1 amide bonds. The van der Waals surface area contributed by atoms with Gasteiger partial charge in [-0.05, 0) is 38.2 Å². The van der Waals surface area contributed by atoms with Gasteiger partial charge in [0, 0.05) is 18.3 Å². The second-order valence-corrected chi connectivity index (χ2v) is 6.67. The van der Waals surface area contributed by atoms with E-state index >= 15 is 0 Å². The predicted octanol–water partition coefficient (Wildman–Crippen LogP) is 2.51. The summed E-state index contributed by atoms with van der Waals surface area (Å²) >= 11 is 0. The molecule has 7 nitrogen and oxygen atoms in total. The minimum absolute atomic E-state index is 0.103. The number of nitrogens with one attached hydrogen (secondary N) is 1. The summed E-state index contributed by atoms with van der Waals surface area (Å²) in [6.07, 6.45) is -0.134. The summed E-state index contributed by atoms with van der Waals surface area (Å²) in [4.78, 5) is 14.5. The van der Waals surface area contributed by atoms with E-state index in [4.69, 9.17) is 18.9 Å². The van der Waals surface area contributed by atoms with Gasteiger partial charge in [0.1, 0.15) is 12.7 Å². The minimum Gasteiger partial charge on any atom is -0.486 e. The van der Waals surface area contributed by atoms with E-state index in [1.165, 1.54) is 0 Å². The maximum absolute atomic E-state index is 12.6. The van der Waals surface area contributed by atoms with Crippen LogP contribution in [-0.2, 0) is 4.79 Å². The molecule has 0 spiro atoms. The van der Waals surface area contributed by atoms with Crippen LogP contribution in [0.25, 0.3) is 0 Å². The van der Waals surface area contributed by atoms with Crippen molar-refractivity contribution in [2.75, 3.05) is 32.3 Å². The Balaban J connectivity index is 1.33. The number of amides is 1. The highest BCUT2D eigenvalue weighted by Gasteiger charge is 2.26. The Morgan fingerprint density at radius 3 is 2.70 bits per heavy atom. The lowest BCUT2D eigenvalue weighted by Crippen LogP contribution is -2.46. The van der Waals surface area contributed by atoms with Gasteiger partial charge >= 0.3 is 0 Å². The lowest BCUT2D eigenvalue weighted by molar-refractivity contribution is -0.120. The number of benzene rings is 2. The number of ether oxygens (including phenoxy) is 4. The molecule has 7 heteroatoms. The van der Waals surface area contributed by atoms with E-state index in [9.17, 15) is 4.79 Å². The lowest BCUT2D eigenvalue weighted by Gasteiger charge is -2.31. The Kier molecular flexibility index (Phi) is 4.77. The van der Waals surface area contributed by atoms with Crippen molar-refractivity contribution >= 4 is 11.6 Å². The summed E-state index contributed by atoms with van der Waals surface area (Å²) in [6, 6.07) is 12.6. The van der Waals surface area contributed by atoms with Crippen LogP contribution in [0.5, 0.6) is 23.0 Å². The molecule has 0 fully saturated rings. The Hall–Kier alpha value is -2.93. The molecule has 1 N–H and O–H groups in total. The van der Waals surface area contributed by atoms with E-state index in [2.05, 4.69) is 5.32 Å². The highest BCUT2D eigenvalue weighted by Crippen LogP contribution is 2.34. The molecule has 0 aliphatic carbocycles. The van der Waals surface area contributed by atoms with Crippen LogP contribution < -0.4 is 24.3 Å². The average Bonchev–Trinajstić information content (AvgIpc) is 3.15.